The molecule has 0 bridgehead atoms. The number of hydrogen-bond donors (Lipinski definition) is 1. The van der Waals surface area contributed by atoms with Gasteiger partial charge in [0.05, 0.1) is 11.3 Å². The molecular weight excluding hydrogens is 364 g/mol. The number of pyridine rings is 1. The summed E-state index contributed by atoms with van der Waals surface area (Å²) < 4.78 is 0. The second-order valence-corrected chi connectivity index (χ2v) is 7.23. The van der Waals surface area contributed by atoms with E-state index in [9.17, 15) is 9.59 Å². The molecular formula is C20H23ClN4O2. The Labute approximate surface area is 163 Å². The van der Waals surface area contributed by atoms with Gasteiger partial charge in [0.1, 0.15) is 6.54 Å². The van der Waals surface area contributed by atoms with E-state index in [1.807, 2.05) is 25.1 Å². The summed E-state index contributed by atoms with van der Waals surface area (Å²) >= 11 is 6.45. The van der Waals surface area contributed by atoms with Gasteiger partial charge in [-0.05, 0) is 18.6 Å². The van der Waals surface area contributed by atoms with Gasteiger partial charge in [-0.3, -0.25) is 14.6 Å². The zero-order valence-electron chi connectivity index (χ0n) is 15.8. The highest BCUT2D eigenvalue weighted by Crippen LogP contribution is 2.37. The number of halogens is 1. The second-order valence-electron chi connectivity index (χ2n) is 6.82. The molecule has 0 unspecified atom stereocenters. The fourth-order valence-corrected chi connectivity index (χ4v) is 3.61. The monoisotopic (exact) mass is 386 g/mol. The first kappa shape index (κ1) is 19.3. The van der Waals surface area contributed by atoms with Gasteiger partial charge < -0.3 is 15.5 Å². The average Bonchev–Trinajstić information content (AvgIpc) is 2.63. The molecule has 2 heterocycles. The van der Waals surface area contributed by atoms with Gasteiger partial charge in [0.15, 0.2) is 0 Å². The molecule has 0 fully saturated rings. The smallest absolute Gasteiger partial charge is 0.256 e. The third-order valence-electron chi connectivity index (χ3n) is 4.87. The molecule has 0 atom stereocenters. The minimum Gasteiger partial charge on any atom is -0.347 e. The topological polar surface area (TPSA) is 79.5 Å². The fraction of sp³-hybridized carbons (Fsp3) is 0.350. The van der Waals surface area contributed by atoms with E-state index in [0.717, 1.165) is 28.1 Å². The maximum atomic E-state index is 13.3. The number of nitrogens with zero attached hydrogens (tertiary/aromatic N) is 3. The lowest BCUT2D eigenvalue weighted by Crippen LogP contribution is -2.44. The molecule has 1 aliphatic rings. The zero-order valence-corrected chi connectivity index (χ0v) is 16.5. The lowest BCUT2D eigenvalue weighted by Gasteiger charge is -2.31. The van der Waals surface area contributed by atoms with Crippen molar-refractivity contribution >= 4 is 23.4 Å². The first-order valence-corrected chi connectivity index (χ1v) is 9.19. The number of aromatic nitrogens is 1. The number of carbonyl (C=O) groups excluding carboxylic acids is 2. The van der Waals surface area contributed by atoms with Gasteiger partial charge in [-0.1, -0.05) is 29.8 Å². The van der Waals surface area contributed by atoms with Crippen molar-refractivity contribution in [2.24, 2.45) is 5.73 Å². The molecule has 7 heteroatoms. The summed E-state index contributed by atoms with van der Waals surface area (Å²) in [6.07, 6.45) is 0.588. The zero-order chi connectivity index (χ0) is 19.7. The van der Waals surface area contributed by atoms with Crippen LogP contribution in [0.4, 0.5) is 0 Å². The molecule has 1 aromatic heterocycles. The van der Waals surface area contributed by atoms with Gasteiger partial charge in [0.2, 0.25) is 5.91 Å². The molecule has 0 saturated heterocycles. The van der Waals surface area contributed by atoms with Crippen LogP contribution in [0.3, 0.4) is 0 Å². The summed E-state index contributed by atoms with van der Waals surface area (Å²) in [5.74, 6) is -0.325. The summed E-state index contributed by atoms with van der Waals surface area (Å²) in [5.41, 5.74) is 10.3. The highest BCUT2D eigenvalue weighted by molar-refractivity contribution is 6.33. The number of nitrogens with two attached hydrogens (primary N) is 1. The van der Waals surface area contributed by atoms with Crippen LogP contribution in [-0.2, 0) is 17.8 Å². The Morgan fingerprint density at radius 3 is 2.63 bits per heavy atom. The van der Waals surface area contributed by atoms with Crippen LogP contribution in [0.2, 0.25) is 5.02 Å². The van der Waals surface area contributed by atoms with Crippen LogP contribution >= 0.6 is 11.6 Å². The van der Waals surface area contributed by atoms with Crippen LogP contribution in [-0.4, -0.2) is 53.8 Å². The normalized spacial score (nSPS) is 13.5. The third-order valence-corrected chi connectivity index (χ3v) is 5.20. The Hall–Kier alpha value is -2.44. The van der Waals surface area contributed by atoms with Gasteiger partial charge in [0.25, 0.3) is 5.91 Å². The number of likely N-dealkylation sites (N-methyl/N-ethyl adjacent to an activating group) is 1. The van der Waals surface area contributed by atoms with E-state index in [0.29, 0.717) is 23.6 Å². The van der Waals surface area contributed by atoms with Crippen molar-refractivity contribution < 1.29 is 9.59 Å². The Morgan fingerprint density at radius 1 is 1.30 bits per heavy atom. The SMILES string of the molecule is Cc1nc2c(c(-c3ccccc3Cl)c1CN)C(=O)N(CC(=O)N(C)C)CC2. The Morgan fingerprint density at radius 2 is 2.00 bits per heavy atom. The Bertz CT molecular complexity index is 911. The number of carbonyl (C=O) groups is 2. The molecule has 0 spiro atoms. The van der Waals surface area contributed by atoms with Crippen LogP contribution in [0.5, 0.6) is 0 Å². The first-order chi connectivity index (χ1) is 12.8. The van der Waals surface area contributed by atoms with Crippen LogP contribution < -0.4 is 5.73 Å². The van der Waals surface area contributed by atoms with E-state index in [1.54, 1.807) is 25.1 Å². The second kappa shape index (κ2) is 7.66. The van der Waals surface area contributed by atoms with E-state index in [-0.39, 0.29) is 24.9 Å². The summed E-state index contributed by atoms with van der Waals surface area (Å²) in [4.78, 5) is 33.1. The highest BCUT2D eigenvalue weighted by atomic mass is 35.5. The van der Waals surface area contributed by atoms with Crippen LogP contribution in [0.1, 0.15) is 27.3 Å². The van der Waals surface area contributed by atoms with E-state index in [2.05, 4.69) is 4.98 Å². The molecule has 27 heavy (non-hydrogen) atoms. The summed E-state index contributed by atoms with van der Waals surface area (Å²) in [5, 5.41) is 0.550. The van der Waals surface area contributed by atoms with Gasteiger partial charge >= 0.3 is 0 Å². The lowest BCUT2D eigenvalue weighted by molar-refractivity contribution is -0.129. The molecule has 0 saturated carbocycles. The summed E-state index contributed by atoms with van der Waals surface area (Å²) in [6.45, 7) is 2.65. The van der Waals surface area contributed by atoms with Crippen LogP contribution in [0, 0.1) is 6.92 Å². The molecule has 2 aromatic rings. The van der Waals surface area contributed by atoms with Crippen LogP contribution in [0.25, 0.3) is 11.1 Å². The largest absolute Gasteiger partial charge is 0.347 e. The highest BCUT2D eigenvalue weighted by Gasteiger charge is 2.32. The van der Waals surface area contributed by atoms with Gasteiger partial charge in [-0.15, -0.1) is 0 Å². The number of benzene rings is 1. The number of aryl methyl sites for hydroxylation is 1. The summed E-state index contributed by atoms with van der Waals surface area (Å²) in [7, 11) is 3.36. The third kappa shape index (κ3) is 3.55. The molecule has 1 aromatic carbocycles. The molecule has 0 aliphatic carbocycles. The van der Waals surface area contributed by atoms with Crippen molar-refractivity contribution in [3.05, 3.63) is 51.8 Å². The van der Waals surface area contributed by atoms with E-state index in [1.165, 1.54) is 4.90 Å². The molecule has 1 aliphatic heterocycles. The van der Waals surface area contributed by atoms with Crippen molar-refractivity contribution in [1.29, 1.82) is 0 Å². The molecule has 0 radical (unpaired) electrons. The maximum absolute atomic E-state index is 13.3. The average molecular weight is 387 g/mol. The number of rotatable bonds is 4. The van der Waals surface area contributed by atoms with Crippen molar-refractivity contribution in [1.82, 2.24) is 14.8 Å². The van der Waals surface area contributed by atoms with Crippen molar-refractivity contribution in [3.63, 3.8) is 0 Å². The first-order valence-electron chi connectivity index (χ1n) is 8.81. The molecule has 6 nitrogen and oxygen atoms in total. The quantitative estimate of drug-likeness (QED) is 0.874. The van der Waals surface area contributed by atoms with Crippen molar-refractivity contribution in [2.45, 2.75) is 19.9 Å². The van der Waals surface area contributed by atoms with Gasteiger partial charge in [-0.25, -0.2) is 0 Å². The minimum atomic E-state index is -0.205. The number of amides is 2. The predicted octanol–water partition coefficient (Wildman–Crippen LogP) is 2.26. The predicted molar refractivity (Wildman–Crippen MR) is 106 cm³/mol. The van der Waals surface area contributed by atoms with Crippen molar-refractivity contribution in [3.8, 4) is 11.1 Å². The molecule has 2 amide bonds. The molecule has 142 valence electrons. The number of hydrogen-bond acceptors (Lipinski definition) is 4. The molecule has 3 rings (SSSR count). The standard InChI is InChI=1S/C20H23ClN4O2/c1-12-14(10-22)18(13-6-4-5-7-15(13)21)19-16(23-12)8-9-25(20(19)27)11-17(26)24(2)3/h4-7H,8-11,22H2,1-3H3. The number of fused-ring (bicyclic) bond motifs is 1. The van der Waals surface area contributed by atoms with Crippen LogP contribution in [0.15, 0.2) is 24.3 Å². The fourth-order valence-electron chi connectivity index (χ4n) is 3.38. The maximum Gasteiger partial charge on any atom is 0.256 e. The van der Waals surface area contributed by atoms with E-state index < -0.39 is 0 Å². The Kier molecular flexibility index (Phi) is 5.48. The minimum absolute atomic E-state index is 0.0407. The van der Waals surface area contributed by atoms with Gasteiger partial charge in [0, 0.05) is 55.4 Å². The Balaban J connectivity index is 2.18. The van der Waals surface area contributed by atoms with Crippen molar-refractivity contribution in [2.75, 3.05) is 27.2 Å². The molecule has 2 N–H and O–H groups in total. The lowest BCUT2D eigenvalue weighted by atomic mass is 9.89. The van der Waals surface area contributed by atoms with Gasteiger partial charge in [-0.2, -0.15) is 0 Å². The summed E-state index contributed by atoms with van der Waals surface area (Å²) in [6, 6.07) is 7.40. The van der Waals surface area contributed by atoms with E-state index >= 15 is 0 Å². The van der Waals surface area contributed by atoms with E-state index in [4.69, 9.17) is 17.3 Å².